The second-order valence-corrected chi connectivity index (χ2v) is 8.79. The van der Waals surface area contributed by atoms with E-state index in [2.05, 4.69) is 5.32 Å². The number of hydrogen-bond donors (Lipinski definition) is 2. The van der Waals surface area contributed by atoms with Crippen molar-refractivity contribution in [2.45, 2.75) is 31.8 Å². The van der Waals surface area contributed by atoms with Crippen LogP contribution in [-0.2, 0) is 14.4 Å². The summed E-state index contributed by atoms with van der Waals surface area (Å²) in [6.45, 7) is 0.717. The molecule has 2 unspecified atom stereocenters. The van der Waals surface area contributed by atoms with E-state index in [-0.39, 0.29) is 18.2 Å². The summed E-state index contributed by atoms with van der Waals surface area (Å²) in [4.78, 5) is 44.7. The Morgan fingerprint density at radius 1 is 1.15 bits per heavy atom. The van der Waals surface area contributed by atoms with Crippen molar-refractivity contribution in [3.05, 3.63) is 59.7 Å². The molecule has 0 radical (unpaired) electrons. The minimum absolute atomic E-state index is 0.0412. The summed E-state index contributed by atoms with van der Waals surface area (Å²) in [5, 5.41) is 2.82. The summed E-state index contributed by atoms with van der Waals surface area (Å²) < 4.78 is 5.82. The number of carbonyl (C=O) groups excluding carboxylic acids is 3. The van der Waals surface area contributed by atoms with E-state index in [0.29, 0.717) is 42.6 Å². The van der Waals surface area contributed by atoms with Gasteiger partial charge in [0.1, 0.15) is 12.4 Å². The summed E-state index contributed by atoms with van der Waals surface area (Å²) in [6, 6.07) is 15.2. The molecule has 0 spiro atoms. The molecule has 33 heavy (non-hydrogen) atoms. The summed E-state index contributed by atoms with van der Waals surface area (Å²) >= 11 is 0. The Morgan fingerprint density at radius 2 is 1.94 bits per heavy atom. The lowest BCUT2D eigenvalue weighted by Gasteiger charge is -2.31. The number of carbonyl (C=O) groups is 3. The lowest BCUT2D eigenvalue weighted by molar-refractivity contribution is -0.132. The van der Waals surface area contributed by atoms with Crippen LogP contribution < -0.4 is 20.7 Å². The molecule has 170 valence electrons. The van der Waals surface area contributed by atoms with Gasteiger partial charge in [-0.05, 0) is 18.4 Å². The van der Waals surface area contributed by atoms with E-state index < -0.39 is 18.0 Å². The molecule has 5 rings (SSSR count). The van der Waals surface area contributed by atoms with Crippen LogP contribution in [-0.4, -0.2) is 42.8 Å². The largest absolute Gasteiger partial charge is 0.490 e. The van der Waals surface area contributed by atoms with Crippen LogP contribution in [0.2, 0.25) is 0 Å². The molecular weight excluding hydrogens is 420 g/mol. The number of aliphatic imine (C=N–C) groups is 1. The second kappa shape index (κ2) is 8.69. The molecule has 0 bridgehead atoms. The molecule has 0 aromatic heterocycles. The van der Waals surface area contributed by atoms with Gasteiger partial charge in [0.25, 0.3) is 5.91 Å². The van der Waals surface area contributed by atoms with Crippen LogP contribution >= 0.6 is 0 Å². The van der Waals surface area contributed by atoms with E-state index in [1.165, 1.54) is 0 Å². The number of para-hydroxylation sites is 1. The van der Waals surface area contributed by atoms with Gasteiger partial charge in [0.2, 0.25) is 18.0 Å². The van der Waals surface area contributed by atoms with Crippen molar-refractivity contribution in [3.63, 3.8) is 0 Å². The number of hydrogen-bond acceptors (Lipinski definition) is 5. The van der Waals surface area contributed by atoms with Crippen LogP contribution in [0.1, 0.15) is 36.8 Å². The highest BCUT2D eigenvalue weighted by Gasteiger charge is 2.38. The third-order valence-electron chi connectivity index (χ3n) is 6.31. The maximum atomic E-state index is 13.6. The summed E-state index contributed by atoms with van der Waals surface area (Å²) in [6.07, 6.45) is 1.54. The van der Waals surface area contributed by atoms with Gasteiger partial charge in [-0.1, -0.05) is 55.3 Å². The number of benzene rings is 2. The molecule has 1 saturated carbocycles. The predicted molar refractivity (Wildman–Crippen MR) is 123 cm³/mol. The van der Waals surface area contributed by atoms with Gasteiger partial charge in [0, 0.05) is 23.5 Å². The van der Waals surface area contributed by atoms with Gasteiger partial charge < -0.3 is 20.7 Å². The maximum Gasteiger partial charge on any atom is 0.272 e. The average Bonchev–Trinajstić information content (AvgIpc) is 3.65. The van der Waals surface area contributed by atoms with Crippen LogP contribution in [0.25, 0.3) is 0 Å². The topological polar surface area (TPSA) is 114 Å². The molecule has 8 nitrogen and oxygen atoms in total. The highest BCUT2D eigenvalue weighted by atomic mass is 16.5. The molecule has 3 N–H and O–H groups in total. The molecule has 3 aliphatic rings. The minimum atomic E-state index is -1.11. The SMILES string of the molecule is NC(=O)CC(CC1CC1)C(=O)NC1N=C(c2ccccc2)c2cccc3c2N(CCO3)C1=O. The highest BCUT2D eigenvalue weighted by Crippen LogP contribution is 2.39. The fourth-order valence-corrected chi connectivity index (χ4v) is 4.54. The number of anilines is 1. The van der Waals surface area contributed by atoms with Crippen LogP contribution in [0.15, 0.2) is 53.5 Å². The molecule has 2 heterocycles. The molecular formula is C25H26N4O4. The zero-order valence-electron chi connectivity index (χ0n) is 18.2. The monoisotopic (exact) mass is 446 g/mol. The van der Waals surface area contributed by atoms with Gasteiger partial charge in [-0.2, -0.15) is 0 Å². The number of ether oxygens (including phenoxy) is 1. The van der Waals surface area contributed by atoms with Crippen LogP contribution in [0.4, 0.5) is 5.69 Å². The first-order chi connectivity index (χ1) is 16.0. The molecule has 1 fully saturated rings. The number of nitrogens with one attached hydrogen (secondary N) is 1. The highest BCUT2D eigenvalue weighted by molar-refractivity contribution is 6.21. The third kappa shape index (κ3) is 4.33. The van der Waals surface area contributed by atoms with Crippen LogP contribution in [0.5, 0.6) is 5.75 Å². The number of primary amides is 1. The first-order valence-electron chi connectivity index (χ1n) is 11.3. The number of nitrogens with zero attached hydrogens (tertiary/aromatic N) is 2. The Balaban J connectivity index is 1.53. The Morgan fingerprint density at radius 3 is 2.67 bits per heavy atom. The molecule has 2 aliphatic heterocycles. The molecule has 1 aliphatic carbocycles. The van der Waals surface area contributed by atoms with Crippen molar-refractivity contribution in [2.75, 3.05) is 18.1 Å². The first-order valence-corrected chi connectivity index (χ1v) is 11.3. The van der Waals surface area contributed by atoms with Crippen molar-refractivity contribution in [2.24, 2.45) is 22.6 Å². The maximum absolute atomic E-state index is 13.6. The smallest absolute Gasteiger partial charge is 0.272 e. The Bertz CT molecular complexity index is 1130. The van der Waals surface area contributed by atoms with E-state index in [1.54, 1.807) is 4.90 Å². The van der Waals surface area contributed by atoms with Gasteiger partial charge in [0.05, 0.1) is 17.9 Å². The summed E-state index contributed by atoms with van der Waals surface area (Å²) in [7, 11) is 0. The second-order valence-electron chi connectivity index (χ2n) is 8.79. The van der Waals surface area contributed by atoms with Crippen molar-refractivity contribution in [1.29, 1.82) is 0 Å². The van der Waals surface area contributed by atoms with E-state index in [0.717, 1.165) is 24.0 Å². The van der Waals surface area contributed by atoms with Crippen molar-refractivity contribution < 1.29 is 19.1 Å². The minimum Gasteiger partial charge on any atom is -0.490 e. The zero-order chi connectivity index (χ0) is 22.9. The Kier molecular flexibility index (Phi) is 5.58. The Labute approximate surface area is 191 Å². The van der Waals surface area contributed by atoms with Gasteiger partial charge in [-0.3, -0.25) is 14.4 Å². The van der Waals surface area contributed by atoms with Gasteiger partial charge in [-0.15, -0.1) is 0 Å². The van der Waals surface area contributed by atoms with E-state index >= 15 is 0 Å². The molecule has 8 heteroatoms. The molecule has 3 amide bonds. The van der Waals surface area contributed by atoms with Crippen molar-refractivity contribution >= 4 is 29.1 Å². The molecule has 0 saturated heterocycles. The number of rotatable bonds is 7. The summed E-state index contributed by atoms with van der Waals surface area (Å²) in [5.74, 6) is -0.738. The molecule has 2 aromatic carbocycles. The predicted octanol–water partition coefficient (Wildman–Crippen LogP) is 2.00. The van der Waals surface area contributed by atoms with E-state index in [1.807, 2.05) is 48.5 Å². The average molecular weight is 447 g/mol. The van der Waals surface area contributed by atoms with Gasteiger partial charge in [0.15, 0.2) is 0 Å². The van der Waals surface area contributed by atoms with Crippen LogP contribution in [0.3, 0.4) is 0 Å². The fraction of sp³-hybridized carbons (Fsp3) is 0.360. The lowest BCUT2D eigenvalue weighted by atomic mass is 9.97. The first kappa shape index (κ1) is 21.2. The van der Waals surface area contributed by atoms with Gasteiger partial charge in [-0.25, -0.2) is 4.99 Å². The quantitative estimate of drug-likeness (QED) is 0.677. The van der Waals surface area contributed by atoms with E-state index in [4.69, 9.17) is 15.5 Å². The van der Waals surface area contributed by atoms with Crippen LogP contribution in [0, 0.1) is 11.8 Å². The Hall–Kier alpha value is -3.68. The third-order valence-corrected chi connectivity index (χ3v) is 6.31. The van der Waals surface area contributed by atoms with E-state index in [9.17, 15) is 14.4 Å². The van der Waals surface area contributed by atoms with Gasteiger partial charge >= 0.3 is 0 Å². The molecule has 2 aromatic rings. The lowest BCUT2D eigenvalue weighted by Crippen LogP contribution is -2.51. The number of nitrogens with two attached hydrogens (primary N) is 1. The summed E-state index contributed by atoms with van der Waals surface area (Å²) in [5.41, 5.74) is 8.28. The molecule has 2 atom stereocenters. The number of amides is 3. The van der Waals surface area contributed by atoms with Crippen molar-refractivity contribution in [3.8, 4) is 5.75 Å². The fourth-order valence-electron chi connectivity index (χ4n) is 4.54. The van der Waals surface area contributed by atoms with Crippen molar-refractivity contribution in [1.82, 2.24) is 5.32 Å². The zero-order valence-corrected chi connectivity index (χ0v) is 18.2. The standard InChI is InChI=1S/C25H26N4O4/c26-20(30)14-17(13-15-9-10-15)24(31)28-23-25(32)29-11-12-33-19-8-4-7-18(22(19)29)21(27-23)16-5-2-1-3-6-16/h1-8,15,17,23H,9-14H2,(H2,26,30)(H,28,31). The normalized spacial score (nSPS) is 20.1.